The number of nitrogens with zero attached hydrogens (tertiary/aromatic N) is 1. The molecule has 1 aromatic carbocycles. The first kappa shape index (κ1) is 17.3. The van der Waals surface area contributed by atoms with Crippen molar-refractivity contribution in [2.75, 3.05) is 11.9 Å². The van der Waals surface area contributed by atoms with Crippen molar-refractivity contribution in [3.05, 3.63) is 24.3 Å². The fourth-order valence-corrected chi connectivity index (χ4v) is 1.93. The molecule has 0 aliphatic rings. The lowest BCUT2D eigenvalue weighted by molar-refractivity contribution is 0.125. The van der Waals surface area contributed by atoms with Gasteiger partial charge < -0.3 is 20.1 Å². The Balaban J connectivity index is 2.86. The lowest BCUT2D eigenvalue weighted by Crippen LogP contribution is -2.43. The number of aliphatic hydroxyl groups is 1. The third-order valence-corrected chi connectivity index (χ3v) is 2.84. The zero-order valence-electron chi connectivity index (χ0n) is 13.5. The van der Waals surface area contributed by atoms with Gasteiger partial charge in [0, 0.05) is 12.6 Å². The zero-order chi connectivity index (χ0) is 16.0. The van der Waals surface area contributed by atoms with Crippen molar-refractivity contribution in [2.45, 2.75) is 52.9 Å². The third-order valence-electron chi connectivity index (χ3n) is 2.84. The van der Waals surface area contributed by atoms with E-state index in [1.165, 1.54) is 0 Å². The van der Waals surface area contributed by atoms with Crippen LogP contribution in [-0.4, -0.2) is 40.8 Å². The number of urea groups is 1. The summed E-state index contributed by atoms with van der Waals surface area (Å²) in [5, 5.41) is 12.4. The van der Waals surface area contributed by atoms with Crippen LogP contribution in [0.1, 0.15) is 34.6 Å². The molecule has 0 fully saturated rings. The highest BCUT2D eigenvalue weighted by molar-refractivity contribution is 5.91. The normalized spacial score (nSPS) is 12.4. The van der Waals surface area contributed by atoms with E-state index in [9.17, 15) is 9.90 Å². The van der Waals surface area contributed by atoms with E-state index in [2.05, 4.69) is 5.32 Å². The Morgan fingerprint density at radius 2 is 1.86 bits per heavy atom. The predicted octanol–water partition coefficient (Wildman–Crippen LogP) is 3.10. The van der Waals surface area contributed by atoms with E-state index in [1.807, 2.05) is 45.9 Å². The van der Waals surface area contributed by atoms with Gasteiger partial charge >= 0.3 is 6.03 Å². The first-order valence-corrected chi connectivity index (χ1v) is 7.32. The molecule has 0 bridgehead atoms. The molecule has 0 saturated heterocycles. The molecule has 21 heavy (non-hydrogen) atoms. The highest BCUT2D eigenvalue weighted by Gasteiger charge is 2.20. The summed E-state index contributed by atoms with van der Waals surface area (Å²) in [6, 6.07) is 7.09. The van der Waals surface area contributed by atoms with Crippen LogP contribution in [0.3, 0.4) is 0 Å². The second kappa shape index (κ2) is 7.88. The fraction of sp³-hybridized carbons (Fsp3) is 0.562. The molecule has 118 valence electrons. The van der Waals surface area contributed by atoms with Gasteiger partial charge in [0.05, 0.1) is 17.9 Å². The van der Waals surface area contributed by atoms with Crippen LogP contribution in [0.5, 0.6) is 5.75 Å². The van der Waals surface area contributed by atoms with Gasteiger partial charge in [-0.1, -0.05) is 12.1 Å². The van der Waals surface area contributed by atoms with Crippen molar-refractivity contribution in [2.24, 2.45) is 0 Å². The molecule has 0 spiro atoms. The lowest BCUT2D eigenvalue weighted by atomic mass is 10.2. The molecule has 5 nitrogen and oxygen atoms in total. The molecule has 0 aliphatic heterocycles. The minimum Gasteiger partial charge on any atom is -0.489 e. The molecule has 0 saturated carbocycles. The highest BCUT2D eigenvalue weighted by Crippen LogP contribution is 2.25. The number of ether oxygens (including phenoxy) is 1. The average molecular weight is 294 g/mol. The molecule has 0 aromatic heterocycles. The van der Waals surface area contributed by atoms with E-state index in [1.54, 1.807) is 17.9 Å². The molecular formula is C16H26N2O3. The van der Waals surface area contributed by atoms with Crippen LogP contribution in [0.4, 0.5) is 10.5 Å². The second-order valence-electron chi connectivity index (χ2n) is 5.69. The minimum atomic E-state index is -0.569. The maximum atomic E-state index is 12.4. The highest BCUT2D eigenvalue weighted by atomic mass is 16.5. The van der Waals surface area contributed by atoms with Crippen LogP contribution in [-0.2, 0) is 0 Å². The maximum Gasteiger partial charge on any atom is 0.322 e. The molecule has 0 aliphatic carbocycles. The number of rotatable bonds is 6. The monoisotopic (exact) mass is 294 g/mol. The topological polar surface area (TPSA) is 61.8 Å². The van der Waals surface area contributed by atoms with Crippen molar-refractivity contribution in [1.29, 1.82) is 0 Å². The van der Waals surface area contributed by atoms with Crippen LogP contribution >= 0.6 is 0 Å². The summed E-state index contributed by atoms with van der Waals surface area (Å²) in [6.07, 6.45) is -0.540. The number of carbonyl (C=O) groups is 1. The molecule has 1 rings (SSSR count). The number of anilines is 1. The van der Waals surface area contributed by atoms with E-state index >= 15 is 0 Å². The maximum absolute atomic E-state index is 12.4. The number of nitrogens with one attached hydrogen (secondary N) is 1. The van der Waals surface area contributed by atoms with E-state index < -0.39 is 6.10 Å². The Morgan fingerprint density at radius 1 is 1.24 bits per heavy atom. The van der Waals surface area contributed by atoms with E-state index in [-0.39, 0.29) is 24.7 Å². The quantitative estimate of drug-likeness (QED) is 0.847. The lowest BCUT2D eigenvalue weighted by Gasteiger charge is -2.28. The van der Waals surface area contributed by atoms with Gasteiger partial charge in [-0.05, 0) is 46.8 Å². The van der Waals surface area contributed by atoms with Crippen LogP contribution in [0.15, 0.2) is 24.3 Å². The summed E-state index contributed by atoms with van der Waals surface area (Å²) in [4.78, 5) is 14.0. The molecule has 1 aromatic rings. The Labute approximate surface area is 126 Å². The fourth-order valence-electron chi connectivity index (χ4n) is 1.93. The SMILES string of the molecule is CC(O)CN(C(=O)Nc1ccccc1OC(C)C)C(C)C. The van der Waals surface area contributed by atoms with Crippen molar-refractivity contribution in [1.82, 2.24) is 4.90 Å². The number of benzene rings is 1. The number of amides is 2. The first-order valence-electron chi connectivity index (χ1n) is 7.32. The molecule has 0 heterocycles. The average Bonchev–Trinajstić information content (AvgIpc) is 2.37. The van der Waals surface area contributed by atoms with E-state index in [4.69, 9.17) is 4.74 Å². The molecule has 2 N–H and O–H groups in total. The van der Waals surface area contributed by atoms with Crippen LogP contribution < -0.4 is 10.1 Å². The molecular weight excluding hydrogens is 268 g/mol. The van der Waals surface area contributed by atoms with Crippen molar-refractivity contribution >= 4 is 11.7 Å². The van der Waals surface area contributed by atoms with Gasteiger partial charge in [0.15, 0.2) is 0 Å². The number of hydrogen-bond acceptors (Lipinski definition) is 3. The molecule has 0 radical (unpaired) electrons. The van der Waals surface area contributed by atoms with Gasteiger partial charge in [-0.25, -0.2) is 4.79 Å². The van der Waals surface area contributed by atoms with Gasteiger partial charge in [0.1, 0.15) is 5.75 Å². The Kier molecular flexibility index (Phi) is 6.49. The molecule has 2 amide bonds. The number of carbonyl (C=O) groups excluding carboxylic acids is 1. The number of hydrogen-bond donors (Lipinski definition) is 2. The number of para-hydroxylation sites is 2. The summed E-state index contributed by atoms with van der Waals surface area (Å²) in [5.41, 5.74) is 0.632. The zero-order valence-corrected chi connectivity index (χ0v) is 13.5. The third kappa shape index (κ3) is 5.63. The minimum absolute atomic E-state index is 0.00206. The van der Waals surface area contributed by atoms with Crippen molar-refractivity contribution < 1.29 is 14.6 Å². The summed E-state index contributed by atoms with van der Waals surface area (Å²) in [5.74, 6) is 0.640. The summed E-state index contributed by atoms with van der Waals surface area (Å²) in [7, 11) is 0. The molecule has 1 atom stereocenters. The van der Waals surface area contributed by atoms with Crippen molar-refractivity contribution in [3.63, 3.8) is 0 Å². The van der Waals surface area contributed by atoms with Gasteiger partial charge in [-0.15, -0.1) is 0 Å². The molecule has 5 heteroatoms. The standard InChI is InChI=1S/C16H26N2O3/c1-11(2)18(10-13(5)19)16(20)17-14-8-6-7-9-15(14)21-12(3)4/h6-9,11-13,19H,10H2,1-5H3,(H,17,20). The Morgan fingerprint density at radius 3 is 2.38 bits per heavy atom. The predicted molar refractivity (Wildman–Crippen MR) is 84.7 cm³/mol. The van der Waals surface area contributed by atoms with Gasteiger partial charge in [-0.2, -0.15) is 0 Å². The van der Waals surface area contributed by atoms with Gasteiger partial charge in [0.25, 0.3) is 0 Å². The van der Waals surface area contributed by atoms with E-state index in [0.717, 1.165) is 0 Å². The summed E-state index contributed by atoms with van der Waals surface area (Å²) < 4.78 is 5.68. The summed E-state index contributed by atoms with van der Waals surface area (Å²) in [6.45, 7) is 9.66. The Bertz CT molecular complexity index is 459. The largest absolute Gasteiger partial charge is 0.489 e. The van der Waals surface area contributed by atoms with Crippen LogP contribution in [0.2, 0.25) is 0 Å². The van der Waals surface area contributed by atoms with Crippen molar-refractivity contribution in [3.8, 4) is 5.75 Å². The van der Waals surface area contributed by atoms with Crippen LogP contribution in [0.25, 0.3) is 0 Å². The first-order chi connectivity index (χ1) is 9.81. The van der Waals surface area contributed by atoms with Crippen LogP contribution in [0, 0.1) is 0 Å². The molecule has 1 unspecified atom stereocenters. The summed E-state index contributed by atoms with van der Waals surface area (Å²) >= 11 is 0. The van der Waals surface area contributed by atoms with E-state index in [0.29, 0.717) is 11.4 Å². The van der Waals surface area contributed by atoms with Gasteiger partial charge in [0.2, 0.25) is 0 Å². The smallest absolute Gasteiger partial charge is 0.322 e. The second-order valence-corrected chi connectivity index (χ2v) is 5.69. The Hall–Kier alpha value is -1.75. The van der Waals surface area contributed by atoms with Gasteiger partial charge in [-0.3, -0.25) is 0 Å². The number of aliphatic hydroxyl groups excluding tert-OH is 1.